The third-order valence-corrected chi connectivity index (χ3v) is 5.53. The summed E-state index contributed by atoms with van der Waals surface area (Å²) in [5, 5.41) is 11.4. The molecule has 0 atom stereocenters. The summed E-state index contributed by atoms with van der Waals surface area (Å²) >= 11 is 5.92. The van der Waals surface area contributed by atoms with Gasteiger partial charge in [0.1, 0.15) is 18.1 Å². The monoisotopic (exact) mass is 470 g/mol. The Hall–Kier alpha value is -3.79. The number of pyridine rings is 1. The van der Waals surface area contributed by atoms with Crippen molar-refractivity contribution in [2.45, 2.75) is 33.7 Å². The Morgan fingerprint density at radius 3 is 2.67 bits per heavy atom. The number of anilines is 1. The normalized spacial score (nSPS) is 11.2. The summed E-state index contributed by atoms with van der Waals surface area (Å²) in [5.41, 5.74) is 7.93. The van der Waals surface area contributed by atoms with E-state index in [-0.39, 0.29) is 27.2 Å². The second kappa shape index (κ2) is 8.62. The highest BCUT2D eigenvalue weighted by Crippen LogP contribution is 2.27. The van der Waals surface area contributed by atoms with Gasteiger partial charge in [-0.15, -0.1) is 0 Å². The number of primary amides is 1. The first kappa shape index (κ1) is 22.4. The number of hydrogen-bond acceptors (Lipinski definition) is 6. The van der Waals surface area contributed by atoms with E-state index in [4.69, 9.17) is 21.9 Å². The third-order valence-electron chi connectivity index (χ3n) is 5.24. The molecule has 0 aliphatic carbocycles. The van der Waals surface area contributed by atoms with Gasteiger partial charge >= 0.3 is 0 Å². The van der Waals surface area contributed by atoms with Gasteiger partial charge in [-0.25, -0.2) is 9.37 Å². The number of halogens is 2. The highest BCUT2D eigenvalue weighted by molar-refractivity contribution is 6.31. The Morgan fingerprint density at radius 1 is 1.24 bits per heavy atom. The number of aromatic nitrogens is 4. The Balaban J connectivity index is 1.70. The van der Waals surface area contributed by atoms with Gasteiger partial charge in [-0.3, -0.25) is 14.3 Å². The summed E-state index contributed by atoms with van der Waals surface area (Å²) in [5.74, 6) is -1.49. The molecule has 11 heteroatoms. The molecule has 0 saturated carbocycles. The lowest BCUT2D eigenvalue weighted by atomic mass is 10.1. The number of nitrogens with two attached hydrogens (primary N) is 1. The van der Waals surface area contributed by atoms with Crippen LogP contribution in [0.2, 0.25) is 5.02 Å². The van der Waals surface area contributed by atoms with E-state index in [1.54, 1.807) is 18.5 Å². The van der Waals surface area contributed by atoms with Gasteiger partial charge in [-0.05, 0) is 32.4 Å². The molecule has 3 heterocycles. The zero-order valence-electron chi connectivity index (χ0n) is 18.1. The summed E-state index contributed by atoms with van der Waals surface area (Å²) in [6.45, 7) is 5.88. The van der Waals surface area contributed by atoms with Crippen LogP contribution in [0.25, 0.3) is 10.9 Å². The van der Waals surface area contributed by atoms with E-state index in [0.717, 1.165) is 18.2 Å². The highest BCUT2D eigenvalue weighted by atomic mass is 35.5. The molecule has 0 saturated heterocycles. The number of aryl methyl sites for hydroxylation is 2. The van der Waals surface area contributed by atoms with E-state index in [1.807, 2.05) is 13.0 Å². The fourth-order valence-corrected chi connectivity index (χ4v) is 3.66. The van der Waals surface area contributed by atoms with Crippen molar-refractivity contribution < 1.29 is 18.5 Å². The minimum atomic E-state index is -0.847. The molecule has 0 aliphatic heterocycles. The molecule has 0 unspecified atom stereocenters. The molecule has 170 valence electrons. The zero-order valence-corrected chi connectivity index (χ0v) is 18.8. The van der Waals surface area contributed by atoms with Crippen LogP contribution < -0.4 is 11.1 Å². The predicted molar refractivity (Wildman–Crippen MR) is 120 cm³/mol. The van der Waals surface area contributed by atoms with Crippen LogP contribution in [0.15, 0.2) is 28.8 Å². The van der Waals surface area contributed by atoms with Crippen molar-refractivity contribution >= 4 is 40.0 Å². The molecule has 3 aromatic heterocycles. The smallest absolute Gasteiger partial charge is 0.267 e. The number of benzene rings is 1. The van der Waals surface area contributed by atoms with Gasteiger partial charge < -0.3 is 15.6 Å². The summed E-state index contributed by atoms with van der Waals surface area (Å²) in [7, 11) is 0. The highest BCUT2D eigenvalue weighted by Gasteiger charge is 2.21. The van der Waals surface area contributed by atoms with Crippen molar-refractivity contribution in [1.82, 2.24) is 19.9 Å². The molecule has 1 aromatic carbocycles. The molecule has 3 N–H and O–H groups in total. The first-order valence-corrected chi connectivity index (χ1v) is 10.4. The van der Waals surface area contributed by atoms with Crippen molar-refractivity contribution in [3.8, 4) is 0 Å². The molecule has 2 amide bonds. The number of nitrogens with one attached hydrogen (secondary N) is 1. The molecule has 33 heavy (non-hydrogen) atoms. The van der Waals surface area contributed by atoms with Crippen LogP contribution in [0.3, 0.4) is 0 Å². The fraction of sp³-hybridized carbons (Fsp3) is 0.227. The summed E-state index contributed by atoms with van der Waals surface area (Å²) < 4.78 is 21.0. The maximum Gasteiger partial charge on any atom is 0.267 e. The number of nitrogens with zero attached hydrogens (tertiary/aromatic N) is 4. The second-order valence-corrected chi connectivity index (χ2v) is 7.91. The molecule has 0 aliphatic rings. The van der Waals surface area contributed by atoms with Crippen LogP contribution in [0.1, 0.15) is 50.6 Å². The molecule has 9 nitrogen and oxygen atoms in total. The lowest BCUT2D eigenvalue weighted by Crippen LogP contribution is -2.18. The van der Waals surface area contributed by atoms with Crippen molar-refractivity contribution in [2.24, 2.45) is 5.73 Å². The van der Waals surface area contributed by atoms with Crippen molar-refractivity contribution in [1.29, 1.82) is 0 Å². The molecular formula is C22H20ClFN6O3. The van der Waals surface area contributed by atoms with Crippen LogP contribution in [-0.4, -0.2) is 31.7 Å². The summed E-state index contributed by atoms with van der Waals surface area (Å²) in [6.07, 6.45) is 0.753. The minimum Gasteiger partial charge on any atom is -0.364 e. The zero-order chi connectivity index (χ0) is 23.9. The maximum absolute atomic E-state index is 14.0. The standard InChI is InChI=1S/C22H20ClFN6O3/c1-4-12-5-13(33-29-12)9-30-11(3)20(10(2)28-30)27-22(32)15-7-19(21(25)31)26-18-8-17(24)16(23)6-14(15)18/h5-8H,4,9H2,1-3H3,(H2,25,31)(H,27,32). The van der Waals surface area contributed by atoms with E-state index in [1.165, 1.54) is 12.1 Å². The third kappa shape index (κ3) is 4.29. The van der Waals surface area contributed by atoms with Crippen molar-refractivity contribution in [2.75, 3.05) is 5.32 Å². The van der Waals surface area contributed by atoms with Gasteiger partial charge in [0.15, 0.2) is 5.76 Å². The number of hydrogen-bond donors (Lipinski definition) is 2. The fourth-order valence-electron chi connectivity index (χ4n) is 3.49. The van der Waals surface area contributed by atoms with Gasteiger partial charge in [0.2, 0.25) is 0 Å². The first-order valence-electron chi connectivity index (χ1n) is 10.1. The van der Waals surface area contributed by atoms with Crippen LogP contribution >= 0.6 is 11.6 Å². The van der Waals surface area contributed by atoms with Crippen LogP contribution in [-0.2, 0) is 13.0 Å². The largest absolute Gasteiger partial charge is 0.364 e. The Kier molecular flexibility index (Phi) is 5.86. The first-order chi connectivity index (χ1) is 15.7. The van der Waals surface area contributed by atoms with Gasteiger partial charge in [0.25, 0.3) is 11.8 Å². The van der Waals surface area contributed by atoms with Crippen LogP contribution in [0, 0.1) is 19.7 Å². The molecule has 0 bridgehead atoms. The van der Waals surface area contributed by atoms with Gasteiger partial charge in [-0.2, -0.15) is 5.10 Å². The molecule has 0 spiro atoms. The Bertz CT molecular complexity index is 1410. The number of fused-ring (bicyclic) bond motifs is 1. The Morgan fingerprint density at radius 2 is 2.00 bits per heavy atom. The number of rotatable bonds is 6. The van der Waals surface area contributed by atoms with Crippen molar-refractivity contribution in [3.63, 3.8) is 0 Å². The van der Waals surface area contributed by atoms with Gasteiger partial charge in [0, 0.05) is 17.5 Å². The number of carbonyl (C=O) groups excluding carboxylic acids is 2. The second-order valence-electron chi connectivity index (χ2n) is 7.50. The van der Waals surface area contributed by atoms with E-state index < -0.39 is 17.6 Å². The average molecular weight is 471 g/mol. The van der Waals surface area contributed by atoms with E-state index in [9.17, 15) is 14.0 Å². The molecule has 0 radical (unpaired) electrons. The predicted octanol–water partition coefficient (Wildman–Crippen LogP) is 3.79. The molecule has 0 fully saturated rings. The van der Waals surface area contributed by atoms with Crippen LogP contribution in [0.5, 0.6) is 0 Å². The topological polar surface area (TPSA) is 129 Å². The maximum atomic E-state index is 14.0. The number of carbonyl (C=O) groups is 2. The number of amides is 2. The van der Waals surface area contributed by atoms with E-state index in [2.05, 4.69) is 20.6 Å². The SMILES string of the molecule is CCc1cc(Cn2nc(C)c(NC(=O)c3cc(C(N)=O)nc4cc(F)c(Cl)cc34)c2C)on1. The Labute approximate surface area is 192 Å². The molecule has 4 aromatic rings. The van der Waals surface area contributed by atoms with Crippen molar-refractivity contribution in [3.05, 3.63) is 69.2 Å². The lowest BCUT2D eigenvalue weighted by molar-refractivity contribution is 0.0996. The van der Waals surface area contributed by atoms with Crippen LogP contribution in [0.4, 0.5) is 10.1 Å². The molecule has 4 rings (SSSR count). The van der Waals surface area contributed by atoms with E-state index >= 15 is 0 Å². The summed E-state index contributed by atoms with van der Waals surface area (Å²) in [4.78, 5) is 29.0. The average Bonchev–Trinajstić information content (AvgIpc) is 3.33. The summed E-state index contributed by atoms with van der Waals surface area (Å²) in [6, 6.07) is 5.45. The van der Waals surface area contributed by atoms with Gasteiger partial charge in [0.05, 0.1) is 38.9 Å². The minimum absolute atomic E-state index is 0.0741. The molecular weight excluding hydrogens is 451 g/mol. The van der Waals surface area contributed by atoms with Gasteiger partial charge in [-0.1, -0.05) is 23.7 Å². The van der Waals surface area contributed by atoms with E-state index in [0.29, 0.717) is 29.4 Å². The quantitative estimate of drug-likeness (QED) is 0.441. The lowest BCUT2D eigenvalue weighted by Gasteiger charge is -2.11.